The minimum atomic E-state index is -1.30. The maximum atomic E-state index is 12.7. The van der Waals surface area contributed by atoms with E-state index in [0.29, 0.717) is 23.6 Å². The number of hydrogen-bond acceptors (Lipinski definition) is 5. The van der Waals surface area contributed by atoms with E-state index in [9.17, 15) is 19.1 Å². The van der Waals surface area contributed by atoms with Crippen LogP contribution in [0.4, 0.5) is 10.1 Å². The van der Waals surface area contributed by atoms with E-state index in [0.717, 1.165) is 28.1 Å². The van der Waals surface area contributed by atoms with Gasteiger partial charge in [0.1, 0.15) is 0 Å². The predicted octanol–water partition coefficient (Wildman–Crippen LogP) is 8.50. The molecule has 0 aliphatic carbocycles. The summed E-state index contributed by atoms with van der Waals surface area (Å²) in [6.07, 6.45) is 5.07. The molecule has 2 aromatic carbocycles. The second-order valence-corrected chi connectivity index (χ2v) is 10.2. The van der Waals surface area contributed by atoms with Gasteiger partial charge in [0.15, 0.2) is 23.4 Å². The molecule has 248 valence electrons. The predicted molar refractivity (Wildman–Crippen MR) is 192 cm³/mol. The number of halogens is 1. The fourth-order valence-electron chi connectivity index (χ4n) is 3.37. The summed E-state index contributed by atoms with van der Waals surface area (Å²) >= 11 is 5.39. The minimum Gasteiger partial charge on any atom is -0.481 e. The minimum absolute atomic E-state index is 0.00432. The van der Waals surface area contributed by atoms with E-state index in [1.54, 1.807) is 18.2 Å². The van der Waals surface area contributed by atoms with E-state index in [2.05, 4.69) is 17.2 Å². The van der Waals surface area contributed by atoms with Crippen LogP contribution >= 0.6 is 12.2 Å². The van der Waals surface area contributed by atoms with E-state index < -0.39 is 18.1 Å². The smallest absolute Gasteiger partial charge is 0.307 e. The maximum Gasteiger partial charge on any atom is 0.307 e. The van der Waals surface area contributed by atoms with Crippen LogP contribution < -0.4 is 10.6 Å². The third kappa shape index (κ3) is 19.8. The summed E-state index contributed by atoms with van der Waals surface area (Å²) in [7, 11) is 3.77. The van der Waals surface area contributed by atoms with Crippen LogP contribution in [-0.4, -0.2) is 60.0 Å². The van der Waals surface area contributed by atoms with Gasteiger partial charge < -0.3 is 25.4 Å². The summed E-state index contributed by atoms with van der Waals surface area (Å²) in [6.45, 7) is 17.5. The SMILES string of the molecule is C=C/C(C)=C\C=C(/C)NC(=S)Nc1ccc(-c2ccc(C(=O)CC(CCN(C)C)C(=O)O)cc2)cc1.CC.CC.CC(F)C=O. The van der Waals surface area contributed by atoms with Crippen molar-refractivity contribution in [3.8, 4) is 11.1 Å². The molecular formula is C36H52FN3O4S. The van der Waals surface area contributed by atoms with Crippen molar-refractivity contribution < 1.29 is 23.9 Å². The Kier molecular flexibility index (Phi) is 24.4. The zero-order valence-corrected chi connectivity index (χ0v) is 29.1. The van der Waals surface area contributed by atoms with Crippen LogP contribution in [0.15, 0.2) is 84.6 Å². The standard InChI is InChI=1S/C29H35N3O3S.C3H5FO.2C2H6/c1-6-20(2)7-8-21(3)30-29(36)31-26-15-13-23(14-16-26)22-9-11-24(12-10-22)27(33)19-25(28(34)35)17-18-32(4)5;1-3(4)2-5;2*1-2/h6-16,25H,1,17-19H2,2-5H3,(H,34,35)(H2,30,31,36);2-3H,1H3;2*1-2H3/b20-7-,21-8+;;;. The molecule has 0 radical (unpaired) electrons. The monoisotopic (exact) mass is 641 g/mol. The van der Waals surface area contributed by atoms with Crippen LogP contribution in [0.5, 0.6) is 0 Å². The van der Waals surface area contributed by atoms with Crippen molar-refractivity contribution in [2.24, 2.45) is 5.92 Å². The Morgan fingerprint density at radius 2 is 1.47 bits per heavy atom. The lowest BCUT2D eigenvalue weighted by Gasteiger charge is -2.15. The number of anilines is 1. The number of carbonyl (C=O) groups is 3. The Balaban J connectivity index is 0. The Bertz CT molecular complexity index is 1240. The zero-order valence-electron chi connectivity index (χ0n) is 28.3. The molecule has 3 N–H and O–H groups in total. The average molecular weight is 642 g/mol. The highest BCUT2D eigenvalue weighted by Crippen LogP contribution is 2.23. The molecule has 2 aromatic rings. The molecule has 0 heterocycles. The molecule has 0 amide bonds. The first-order valence-corrected chi connectivity index (χ1v) is 15.5. The van der Waals surface area contributed by atoms with Crippen LogP contribution in [-0.2, 0) is 9.59 Å². The van der Waals surface area contributed by atoms with Gasteiger partial charge in [0, 0.05) is 23.4 Å². The number of alkyl halides is 1. The molecule has 0 saturated carbocycles. The average Bonchev–Trinajstić information content (AvgIpc) is 3.04. The van der Waals surface area contributed by atoms with Gasteiger partial charge >= 0.3 is 5.97 Å². The van der Waals surface area contributed by atoms with Crippen molar-refractivity contribution >= 4 is 41.1 Å². The molecule has 0 aliphatic heterocycles. The summed E-state index contributed by atoms with van der Waals surface area (Å²) in [6, 6.07) is 15.1. The number of Topliss-reactive ketones (excluding diaryl/α,β-unsaturated/α-hetero) is 1. The number of ketones is 1. The van der Waals surface area contributed by atoms with Gasteiger partial charge in [0.25, 0.3) is 0 Å². The Hall–Kier alpha value is -3.95. The van der Waals surface area contributed by atoms with E-state index in [4.69, 9.17) is 17.0 Å². The Labute approximate surface area is 275 Å². The molecule has 7 nitrogen and oxygen atoms in total. The number of carboxylic acid groups (broad SMARTS) is 1. The fraction of sp³-hybridized carbons (Fsp3) is 0.389. The van der Waals surface area contributed by atoms with Gasteiger partial charge in [-0.05, 0) is 89.4 Å². The normalized spacial score (nSPS) is 12.0. The molecule has 45 heavy (non-hydrogen) atoms. The van der Waals surface area contributed by atoms with Gasteiger partial charge in [-0.15, -0.1) is 0 Å². The number of rotatable bonds is 13. The first-order valence-electron chi connectivity index (χ1n) is 15.1. The van der Waals surface area contributed by atoms with Gasteiger partial charge in [-0.3, -0.25) is 9.59 Å². The van der Waals surface area contributed by atoms with Crippen LogP contribution in [0.25, 0.3) is 11.1 Å². The summed E-state index contributed by atoms with van der Waals surface area (Å²) in [5, 5.41) is 16.2. The molecule has 0 fully saturated rings. The van der Waals surface area contributed by atoms with Gasteiger partial charge in [-0.25, -0.2) is 4.39 Å². The molecule has 2 unspecified atom stereocenters. The van der Waals surface area contributed by atoms with Crippen LogP contribution in [0.2, 0.25) is 0 Å². The van der Waals surface area contributed by atoms with Crippen molar-refractivity contribution in [2.75, 3.05) is 26.0 Å². The topological polar surface area (TPSA) is 98.7 Å². The van der Waals surface area contributed by atoms with Crippen molar-refractivity contribution in [1.82, 2.24) is 10.2 Å². The summed E-state index contributed by atoms with van der Waals surface area (Å²) < 4.78 is 11.1. The molecule has 0 spiro atoms. The molecule has 0 aromatic heterocycles. The lowest BCUT2D eigenvalue weighted by Crippen LogP contribution is -2.26. The molecular weight excluding hydrogens is 589 g/mol. The molecule has 2 atom stereocenters. The number of nitrogens with zero attached hydrogens (tertiary/aromatic N) is 1. The van der Waals surface area contributed by atoms with Crippen molar-refractivity contribution in [1.29, 1.82) is 0 Å². The molecule has 0 aliphatic rings. The number of carboxylic acids is 1. The number of allylic oxidation sites excluding steroid dienone is 5. The van der Waals surface area contributed by atoms with E-state index in [1.807, 2.05) is 109 Å². The third-order valence-electron chi connectivity index (χ3n) is 5.81. The number of hydrogen-bond donors (Lipinski definition) is 3. The largest absolute Gasteiger partial charge is 0.481 e. The van der Waals surface area contributed by atoms with Gasteiger partial charge in [-0.1, -0.05) is 88.4 Å². The molecule has 0 bridgehead atoms. The number of aliphatic carboxylic acids is 1. The summed E-state index contributed by atoms with van der Waals surface area (Å²) in [5.41, 5.74) is 5.30. The second-order valence-electron chi connectivity index (χ2n) is 9.77. The second kappa shape index (κ2) is 25.4. The van der Waals surface area contributed by atoms with E-state index >= 15 is 0 Å². The Morgan fingerprint density at radius 1 is 0.978 bits per heavy atom. The van der Waals surface area contributed by atoms with Crippen LogP contribution in [0, 0.1) is 5.92 Å². The van der Waals surface area contributed by atoms with Crippen molar-refractivity contribution in [3.63, 3.8) is 0 Å². The van der Waals surface area contributed by atoms with Gasteiger partial charge in [-0.2, -0.15) is 0 Å². The lowest BCUT2D eigenvalue weighted by molar-refractivity contribution is -0.142. The first-order chi connectivity index (χ1) is 21.4. The molecule has 9 heteroatoms. The van der Waals surface area contributed by atoms with Crippen molar-refractivity contribution in [2.45, 2.75) is 67.5 Å². The highest BCUT2D eigenvalue weighted by Gasteiger charge is 2.22. The number of carbonyl (C=O) groups excluding carboxylic acids is 2. The van der Waals surface area contributed by atoms with Crippen molar-refractivity contribution in [3.05, 3.63) is 90.2 Å². The Morgan fingerprint density at radius 3 is 1.89 bits per heavy atom. The van der Waals surface area contributed by atoms with Crippen LogP contribution in [0.3, 0.4) is 0 Å². The maximum absolute atomic E-state index is 12.7. The fourth-order valence-corrected chi connectivity index (χ4v) is 3.65. The quantitative estimate of drug-likeness (QED) is 0.0867. The van der Waals surface area contributed by atoms with Gasteiger partial charge in [0.05, 0.1) is 5.92 Å². The molecule has 0 saturated heterocycles. The first kappa shape index (κ1) is 43.2. The lowest BCUT2D eigenvalue weighted by atomic mass is 9.94. The zero-order chi connectivity index (χ0) is 34.9. The van der Waals surface area contributed by atoms with Gasteiger partial charge in [0.2, 0.25) is 0 Å². The number of benzene rings is 2. The van der Waals surface area contributed by atoms with E-state index in [1.165, 1.54) is 6.92 Å². The highest BCUT2D eigenvalue weighted by molar-refractivity contribution is 7.80. The van der Waals surface area contributed by atoms with E-state index in [-0.39, 0.29) is 18.5 Å². The number of nitrogens with one attached hydrogen (secondary N) is 2. The van der Waals surface area contributed by atoms with Crippen LogP contribution in [0.1, 0.15) is 71.7 Å². The highest BCUT2D eigenvalue weighted by atomic mass is 32.1. The number of aldehydes is 1. The molecule has 2 rings (SSSR count). The number of thiocarbonyl (C=S) groups is 1. The third-order valence-corrected chi connectivity index (χ3v) is 6.01. The summed E-state index contributed by atoms with van der Waals surface area (Å²) in [5.74, 6) is -1.78. The summed E-state index contributed by atoms with van der Waals surface area (Å²) in [4.78, 5) is 35.2.